The van der Waals surface area contributed by atoms with Gasteiger partial charge in [-0.1, -0.05) is 20.3 Å². The molecule has 3 heteroatoms. The fourth-order valence-electron chi connectivity index (χ4n) is 5.12. The molecule has 1 amide bonds. The number of fused-ring (bicyclic) bond motifs is 5. The number of nitrogens with one attached hydrogen (secondary N) is 1. The maximum absolute atomic E-state index is 12.4. The van der Waals surface area contributed by atoms with Crippen molar-refractivity contribution in [2.75, 3.05) is 0 Å². The van der Waals surface area contributed by atoms with E-state index in [1.54, 1.807) is 0 Å². The van der Waals surface area contributed by atoms with Crippen LogP contribution in [0.5, 0.6) is 0 Å². The lowest BCUT2D eigenvalue weighted by atomic mass is 9.78. The van der Waals surface area contributed by atoms with Crippen LogP contribution in [0.15, 0.2) is 0 Å². The third kappa shape index (κ3) is 2.01. The van der Waals surface area contributed by atoms with Crippen LogP contribution in [0, 0.1) is 23.7 Å². The van der Waals surface area contributed by atoms with Gasteiger partial charge in [0.2, 0.25) is 5.91 Å². The van der Waals surface area contributed by atoms with Crippen LogP contribution in [0.4, 0.5) is 0 Å². The number of hydrogen-bond acceptors (Lipinski definition) is 2. The van der Waals surface area contributed by atoms with Crippen molar-refractivity contribution in [2.45, 2.75) is 70.4 Å². The van der Waals surface area contributed by atoms with E-state index >= 15 is 0 Å². The van der Waals surface area contributed by atoms with Gasteiger partial charge in [0, 0.05) is 6.04 Å². The molecule has 0 saturated heterocycles. The average Bonchev–Trinajstić information content (AvgIpc) is 3.09. The zero-order valence-electron chi connectivity index (χ0n) is 12.3. The molecule has 3 saturated carbocycles. The van der Waals surface area contributed by atoms with E-state index in [-0.39, 0.29) is 5.91 Å². The highest BCUT2D eigenvalue weighted by molar-refractivity contribution is 5.86. The summed E-state index contributed by atoms with van der Waals surface area (Å²) in [5.41, 5.74) is 5.56. The van der Waals surface area contributed by atoms with Gasteiger partial charge in [-0.05, 0) is 62.2 Å². The molecule has 3 aliphatic rings. The summed E-state index contributed by atoms with van der Waals surface area (Å²) in [6, 6.07) is 0.415. The van der Waals surface area contributed by atoms with Crippen LogP contribution in [0.25, 0.3) is 0 Å². The minimum absolute atomic E-state index is 0.0876. The molecule has 3 nitrogen and oxygen atoms in total. The maximum atomic E-state index is 12.4. The first kappa shape index (κ1) is 13.4. The third-order valence-corrected chi connectivity index (χ3v) is 6.46. The fourth-order valence-corrected chi connectivity index (χ4v) is 5.12. The normalized spacial score (nSPS) is 40.5. The van der Waals surface area contributed by atoms with Crippen molar-refractivity contribution in [3.05, 3.63) is 0 Å². The molecule has 2 bridgehead atoms. The van der Waals surface area contributed by atoms with E-state index in [9.17, 15) is 4.79 Å². The molecule has 0 aromatic heterocycles. The summed E-state index contributed by atoms with van der Waals surface area (Å²) in [6.07, 6.45) is 8.26. The number of nitrogens with two attached hydrogens (primary N) is 1. The Bertz CT molecular complexity index is 364. The van der Waals surface area contributed by atoms with Crippen LogP contribution in [0.2, 0.25) is 0 Å². The lowest BCUT2D eigenvalue weighted by Gasteiger charge is -2.35. The molecule has 5 atom stereocenters. The first-order valence-corrected chi connectivity index (χ1v) is 8.19. The average molecular weight is 264 g/mol. The number of carbonyl (C=O) groups is 1. The van der Waals surface area contributed by atoms with Gasteiger partial charge in [-0.2, -0.15) is 0 Å². The third-order valence-electron chi connectivity index (χ3n) is 6.46. The Hall–Kier alpha value is -0.570. The molecular weight excluding hydrogens is 236 g/mol. The summed E-state index contributed by atoms with van der Waals surface area (Å²) < 4.78 is 0. The number of hydrogen-bond donors (Lipinski definition) is 2. The van der Waals surface area contributed by atoms with Gasteiger partial charge < -0.3 is 11.1 Å². The predicted octanol–water partition coefficient (Wildman–Crippen LogP) is 2.44. The van der Waals surface area contributed by atoms with Crippen molar-refractivity contribution in [2.24, 2.45) is 29.4 Å². The second-order valence-corrected chi connectivity index (χ2v) is 7.10. The van der Waals surface area contributed by atoms with Gasteiger partial charge in [-0.3, -0.25) is 4.79 Å². The molecule has 0 aliphatic heterocycles. The van der Waals surface area contributed by atoms with Crippen LogP contribution in [0.1, 0.15) is 58.8 Å². The van der Waals surface area contributed by atoms with Crippen LogP contribution in [0.3, 0.4) is 0 Å². The highest BCUT2D eigenvalue weighted by Gasteiger charge is 2.54. The second kappa shape index (κ2) is 4.76. The smallest absolute Gasteiger partial charge is 0.240 e. The Labute approximate surface area is 116 Å². The van der Waals surface area contributed by atoms with Crippen molar-refractivity contribution < 1.29 is 4.79 Å². The van der Waals surface area contributed by atoms with Gasteiger partial charge in [-0.15, -0.1) is 0 Å². The van der Waals surface area contributed by atoms with Gasteiger partial charge in [0.05, 0.1) is 5.54 Å². The topological polar surface area (TPSA) is 55.1 Å². The molecule has 5 unspecified atom stereocenters. The van der Waals surface area contributed by atoms with Crippen LogP contribution in [-0.2, 0) is 4.79 Å². The van der Waals surface area contributed by atoms with Gasteiger partial charge in [0.15, 0.2) is 0 Å². The summed E-state index contributed by atoms with van der Waals surface area (Å²) in [4.78, 5) is 12.4. The molecule has 19 heavy (non-hydrogen) atoms. The fraction of sp³-hybridized carbons (Fsp3) is 0.938. The molecule has 3 rings (SSSR count). The zero-order valence-corrected chi connectivity index (χ0v) is 12.3. The largest absolute Gasteiger partial charge is 0.351 e. The number of carbonyl (C=O) groups excluding carboxylic acids is 1. The molecular formula is C16H28N2O. The van der Waals surface area contributed by atoms with Crippen molar-refractivity contribution in [3.63, 3.8) is 0 Å². The van der Waals surface area contributed by atoms with E-state index in [0.29, 0.717) is 6.04 Å². The Balaban J connectivity index is 1.65. The van der Waals surface area contributed by atoms with Crippen molar-refractivity contribution in [1.82, 2.24) is 5.32 Å². The first-order chi connectivity index (χ1) is 9.09. The lowest BCUT2D eigenvalue weighted by Crippen LogP contribution is -2.56. The first-order valence-electron chi connectivity index (χ1n) is 8.19. The number of rotatable bonds is 4. The summed E-state index contributed by atoms with van der Waals surface area (Å²) >= 11 is 0. The van der Waals surface area contributed by atoms with Gasteiger partial charge in [0.25, 0.3) is 0 Å². The molecule has 3 N–H and O–H groups in total. The molecule has 3 fully saturated rings. The highest BCUT2D eigenvalue weighted by Crippen LogP contribution is 2.58. The van der Waals surface area contributed by atoms with Gasteiger partial charge in [-0.25, -0.2) is 0 Å². The standard InChI is InChI=1S/C16H28N2O/c1-3-16(17,4-2)15(19)18-14-9-10-8-13(14)12-7-5-6-11(10)12/h10-14H,3-9,17H2,1-2H3,(H,18,19). The Morgan fingerprint density at radius 1 is 1.16 bits per heavy atom. The molecule has 0 aromatic carbocycles. The van der Waals surface area contributed by atoms with E-state index in [0.717, 1.165) is 36.5 Å². The van der Waals surface area contributed by atoms with Crippen molar-refractivity contribution >= 4 is 5.91 Å². The van der Waals surface area contributed by atoms with Crippen molar-refractivity contribution in [3.8, 4) is 0 Å². The molecule has 0 aromatic rings. The van der Waals surface area contributed by atoms with E-state index in [4.69, 9.17) is 5.73 Å². The van der Waals surface area contributed by atoms with E-state index in [1.165, 1.54) is 32.1 Å². The van der Waals surface area contributed by atoms with E-state index in [1.807, 2.05) is 13.8 Å². The van der Waals surface area contributed by atoms with Crippen molar-refractivity contribution in [1.29, 1.82) is 0 Å². The van der Waals surface area contributed by atoms with Crippen LogP contribution in [-0.4, -0.2) is 17.5 Å². The quantitative estimate of drug-likeness (QED) is 0.819. The Morgan fingerprint density at radius 2 is 1.84 bits per heavy atom. The molecule has 0 radical (unpaired) electrons. The summed E-state index contributed by atoms with van der Waals surface area (Å²) in [5.74, 6) is 3.61. The second-order valence-electron chi connectivity index (χ2n) is 7.10. The molecule has 108 valence electrons. The monoisotopic (exact) mass is 264 g/mol. The van der Waals surface area contributed by atoms with Gasteiger partial charge >= 0.3 is 0 Å². The number of amides is 1. The molecule has 0 spiro atoms. The van der Waals surface area contributed by atoms with Crippen LogP contribution >= 0.6 is 0 Å². The van der Waals surface area contributed by atoms with E-state index < -0.39 is 5.54 Å². The highest BCUT2D eigenvalue weighted by atomic mass is 16.2. The Kier molecular flexibility index (Phi) is 3.36. The SMILES string of the molecule is CCC(N)(CC)C(=O)NC1CC2CC1C1CCCC21. The molecule has 3 aliphatic carbocycles. The zero-order chi connectivity index (χ0) is 13.6. The lowest BCUT2D eigenvalue weighted by molar-refractivity contribution is -0.127. The van der Waals surface area contributed by atoms with Gasteiger partial charge in [0.1, 0.15) is 0 Å². The minimum atomic E-state index is -0.656. The summed E-state index contributed by atoms with van der Waals surface area (Å²) in [7, 11) is 0. The predicted molar refractivity (Wildman–Crippen MR) is 76.5 cm³/mol. The minimum Gasteiger partial charge on any atom is -0.351 e. The summed E-state index contributed by atoms with van der Waals surface area (Å²) in [5, 5.41) is 3.30. The van der Waals surface area contributed by atoms with Crippen LogP contribution < -0.4 is 11.1 Å². The summed E-state index contributed by atoms with van der Waals surface area (Å²) in [6.45, 7) is 4.02. The maximum Gasteiger partial charge on any atom is 0.240 e. The Morgan fingerprint density at radius 3 is 2.53 bits per heavy atom. The van der Waals surface area contributed by atoms with E-state index in [2.05, 4.69) is 5.32 Å². The molecule has 0 heterocycles.